The summed E-state index contributed by atoms with van der Waals surface area (Å²) in [7, 11) is 0. The summed E-state index contributed by atoms with van der Waals surface area (Å²) in [5.74, 6) is 0. The SMILES string of the molecule is CC1(C)c2ccccc2-c2ccc(-c3c4ccc(N5c6ccccc6Cc6ccccc65)cc4c(-c4ccc5c(c4)C(C)(C)c4ccccc4-5)c4ccc(N5c6ccccc6Cc6ccccc65)cc34)cc21. The predicted octanol–water partition coefficient (Wildman–Crippen LogP) is 18.7. The average Bonchev–Trinajstić information content (AvgIpc) is 3.79. The van der Waals surface area contributed by atoms with Crippen molar-refractivity contribution in [3.63, 3.8) is 0 Å². The van der Waals surface area contributed by atoms with Crippen LogP contribution in [0.2, 0.25) is 0 Å². The van der Waals surface area contributed by atoms with E-state index in [1.165, 1.54) is 133 Å². The van der Waals surface area contributed by atoms with E-state index in [1.54, 1.807) is 0 Å². The molecule has 4 aliphatic rings. The van der Waals surface area contributed by atoms with E-state index in [2.05, 4.69) is 256 Å². The minimum atomic E-state index is -0.156. The largest absolute Gasteiger partial charge is 0.310 e. The van der Waals surface area contributed by atoms with E-state index in [-0.39, 0.29) is 10.8 Å². The standard InChI is InChI=1S/C70H52N2/c1-69(2)59-23-11-9-21-51(59)53-33-29-47(39-61(53)69)67-55-35-31-50(72-65-27-15-7-19-45(65)38-46-20-8-16-28-66(46)72)42-58(55)68(48-30-34-54-52-22-10-12-24-60(52)70(3,4)62(54)40-48)56-36-32-49(41-57(56)67)71-63-25-13-5-17-43(63)37-44-18-6-14-26-64(44)71/h5-36,39-42H,37-38H2,1-4H3. The van der Waals surface area contributed by atoms with Gasteiger partial charge in [-0.1, -0.05) is 185 Å². The Kier molecular flexibility index (Phi) is 8.63. The van der Waals surface area contributed by atoms with Crippen LogP contribution in [0, 0.1) is 0 Å². The summed E-state index contributed by atoms with van der Waals surface area (Å²) < 4.78 is 0. The molecule has 0 unspecified atom stereocenters. The molecule has 72 heavy (non-hydrogen) atoms. The van der Waals surface area contributed by atoms with E-state index in [0.29, 0.717) is 0 Å². The highest BCUT2D eigenvalue weighted by atomic mass is 15.2. The van der Waals surface area contributed by atoms with Crippen molar-refractivity contribution in [2.45, 2.75) is 51.4 Å². The first-order valence-electron chi connectivity index (χ1n) is 25.7. The molecule has 0 atom stereocenters. The van der Waals surface area contributed by atoms with Gasteiger partial charge in [0.15, 0.2) is 0 Å². The van der Waals surface area contributed by atoms with Crippen LogP contribution in [0.5, 0.6) is 0 Å². The van der Waals surface area contributed by atoms with Crippen molar-refractivity contribution in [2.75, 3.05) is 9.80 Å². The molecule has 15 rings (SSSR count). The number of fused-ring (bicyclic) bond motifs is 12. The third kappa shape index (κ3) is 5.78. The topological polar surface area (TPSA) is 6.48 Å². The zero-order valence-corrected chi connectivity index (χ0v) is 41.1. The van der Waals surface area contributed by atoms with Gasteiger partial charge in [0.1, 0.15) is 0 Å². The zero-order valence-electron chi connectivity index (χ0n) is 41.1. The smallest absolute Gasteiger partial charge is 0.0497 e. The van der Waals surface area contributed by atoms with Crippen molar-refractivity contribution < 1.29 is 0 Å². The fraction of sp³-hybridized carbons (Fsp3) is 0.114. The first-order chi connectivity index (χ1) is 35.2. The predicted molar refractivity (Wildman–Crippen MR) is 302 cm³/mol. The van der Waals surface area contributed by atoms with Crippen LogP contribution < -0.4 is 9.80 Å². The number of benzene rings is 11. The minimum absolute atomic E-state index is 0.156. The highest BCUT2D eigenvalue weighted by Gasteiger charge is 2.38. The third-order valence-electron chi connectivity index (χ3n) is 17.0. The van der Waals surface area contributed by atoms with Gasteiger partial charge in [0.05, 0.1) is 0 Å². The summed E-state index contributed by atoms with van der Waals surface area (Å²) in [6.07, 6.45) is 1.83. The molecule has 0 N–H and O–H groups in total. The number of rotatable bonds is 4. The lowest BCUT2D eigenvalue weighted by Crippen LogP contribution is -2.18. The van der Waals surface area contributed by atoms with E-state index in [4.69, 9.17) is 0 Å². The normalized spacial score (nSPS) is 15.0. The van der Waals surface area contributed by atoms with Gasteiger partial charge in [0, 0.05) is 57.8 Å². The van der Waals surface area contributed by atoms with Crippen molar-refractivity contribution in [1.82, 2.24) is 0 Å². The van der Waals surface area contributed by atoms with Crippen LogP contribution in [-0.4, -0.2) is 0 Å². The molecule has 0 radical (unpaired) electrons. The van der Waals surface area contributed by atoms with Crippen LogP contribution in [0.25, 0.3) is 66.1 Å². The highest BCUT2D eigenvalue weighted by Crippen LogP contribution is 2.56. The van der Waals surface area contributed by atoms with Crippen molar-refractivity contribution >= 4 is 55.7 Å². The summed E-state index contributed by atoms with van der Waals surface area (Å²) in [5.41, 5.74) is 28.2. The van der Waals surface area contributed by atoms with E-state index in [9.17, 15) is 0 Å². The first-order valence-corrected chi connectivity index (χ1v) is 25.7. The molecule has 0 aromatic heterocycles. The molecule has 2 heteroatoms. The molecule has 0 bridgehead atoms. The van der Waals surface area contributed by atoms with Gasteiger partial charge in [-0.3, -0.25) is 0 Å². The summed E-state index contributed by atoms with van der Waals surface area (Å²) >= 11 is 0. The molecule has 2 aliphatic carbocycles. The van der Waals surface area contributed by atoms with Gasteiger partial charge < -0.3 is 9.80 Å². The van der Waals surface area contributed by atoms with Crippen LogP contribution in [0.3, 0.4) is 0 Å². The lowest BCUT2D eigenvalue weighted by Gasteiger charge is -2.34. The monoisotopic (exact) mass is 920 g/mol. The lowest BCUT2D eigenvalue weighted by molar-refractivity contribution is 0.660. The molecule has 2 aliphatic heterocycles. The van der Waals surface area contributed by atoms with Crippen LogP contribution in [-0.2, 0) is 23.7 Å². The van der Waals surface area contributed by atoms with Crippen molar-refractivity contribution in [3.8, 4) is 44.5 Å². The number of nitrogens with zero attached hydrogens (tertiary/aromatic N) is 2. The van der Waals surface area contributed by atoms with Crippen molar-refractivity contribution in [2.24, 2.45) is 0 Å². The maximum Gasteiger partial charge on any atom is 0.0497 e. The van der Waals surface area contributed by atoms with Gasteiger partial charge in [0.2, 0.25) is 0 Å². The summed E-state index contributed by atoms with van der Waals surface area (Å²) in [4.78, 5) is 5.01. The maximum atomic E-state index is 2.53. The molecule has 0 saturated heterocycles. The number of para-hydroxylation sites is 4. The second-order valence-electron chi connectivity index (χ2n) is 21.6. The van der Waals surface area contributed by atoms with Gasteiger partial charge in [-0.2, -0.15) is 0 Å². The third-order valence-corrected chi connectivity index (χ3v) is 17.0. The van der Waals surface area contributed by atoms with Crippen LogP contribution in [0.1, 0.15) is 72.2 Å². The molecular weight excluding hydrogens is 869 g/mol. The highest BCUT2D eigenvalue weighted by molar-refractivity contribution is 6.23. The molecule has 0 fully saturated rings. The average molecular weight is 921 g/mol. The van der Waals surface area contributed by atoms with Gasteiger partial charge >= 0.3 is 0 Å². The number of hydrogen-bond donors (Lipinski definition) is 0. The van der Waals surface area contributed by atoms with E-state index in [1.807, 2.05) is 0 Å². The lowest BCUT2D eigenvalue weighted by atomic mass is 9.79. The quantitative estimate of drug-likeness (QED) is 0.162. The molecule has 0 amide bonds. The molecule has 342 valence electrons. The Morgan fingerprint density at radius 2 is 0.625 bits per heavy atom. The Hall–Kier alpha value is -8.46. The van der Waals surface area contributed by atoms with Crippen molar-refractivity contribution in [1.29, 1.82) is 0 Å². The number of hydrogen-bond acceptors (Lipinski definition) is 2. The Morgan fingerprint density at radius 3 is 1.01 bits per heavy atom. The second kappa shape index (κ2) is 15.0. The molecule has 11 aromatic carbocycles. The zero-order chi connectivity index (χ0) is 48.0. The molecular formula is C70H52N2. The van der Waals surface area contributed by atoms with E-state index in [0.717, 1.165) is 24.2 Å². The van der Waals surface area contributed by atoms with Crippen molar-refractivity contribution in [3.05, 3.63) is 263 Å². The van der Waals surface area contributed by atoms with E-state index >= 15 is 0 Å². The summed E-state index contributed by atoms with van der Waals surface area (Å²) in [6, 6.07) is 83.2. The van der Waals surface area contributed by atoms with Crippen LogP contribution in [0.4, 0.5) is 34.1 Å². The molecule has 0 spiro atoms. The maximum absolute atomic E-state index is 2.53. The fourth-order valence-electron chi connectivity index (χ4n) is 13.6. The number of anilines is 6. The Bertz CT molecular complexity index is 3770. The molecule has 2 nitrogen and oxygen atoms in total. The molecule has 2 heterocycles. The van der Waals surface area contributed by atoms with E-state index < -0.39 is 0 Å². The summed E-state index contributed by atoms with van der Waals surface area (Å²) in [5, 5.41) is 4.97. The molecule has 11 aromatic rings. The Morgan fingerprint density at radius 1 is 0.292 bits per heavy atom. The Labute approximate surface area is 422 Å². The minimum Gasteiger partial charge on any atom is -0.310 e. The van der Waals surface area contributed by atoms with Gasteiger partial charge in [-0.25, -0.2) is 0 Å². The van der Waals surface area contributed by atoms with Gasteiger partial charge in [0.25, 0.3) is 0 Å². The van der Waals surface area contributed by atoms with Crippen LogP contribution >= 0.6 is 0 Å². The fourth-order valence-corrected chi connectivity index (χ4v) is 13.6. The second-order valence-corrected chi connectivity index (χ2v) is 21.6. The van der Waals surface area contributed by atoms with Gasteiger partial charge in [-0.05, 0) is 171 Å². The van der Waals surface area contributed by atoms with Gasteiger partial charge in [-0.15, -0.1) is 0 Å². The first kappa shape index (κ1) is 41.3. The van der Waals surface area contributed by atoms with Crippen LogP contribution in [0.15, 0.2) is 218 Å². The molecule has 0 saturated carbocycles. The summed E-state index contributed by atoms with van der Waals surface area (Å²) in [6.45, 7) is 9.60. The Balaban J connectivity index is 1.06.